The Morgan fingerprint density at radius 1 is 1.16 bits per heavy atom. The van der Waals surface area contributed by atoms with Crippen molar-refractivity contribution in [3.05, 3.63) is 60.3 Å². The third-order valence-electron chi connectivity index (χ3n) is 4.92. The number of hydrogen-bond acceptors (Lipinski definition) is 4. The molecule has 5 nitrogen and oxygen atoms in total. The molecule has 1 unspecified atom stereocenters. The van der Waals surface area contributed by atoms with Crippen molar-refractivity contribution in [3.8, 4) is 0 Å². The second-order valence-electron chi connectivity index (χ2n) is 6.95. The quantitative estimate of drug-likeness (QED) is 0.735. The molecule has 130 valence electrons. The van der Waals surface area contributed by atoms with Crippen molar-refractivity contribution in [3.63, 3.8) is 0 Å². The second kappa shape index (κ2) is 7.33. The van der Waals surface area contributed by atoms with Crippen molar-refractivity contribution in [2.45, 2.75) is 13.0 Å². The first-order valence-electron chi connectivity index (χ1n) is 8.86. The molecular formula is C20H24N4O. The molecule has 1 fully saturated rings. The Balaban J connectivity index is 1.44. The van der Waals surface area contributed by atoms with Crippen molar-refractivity contribution in [2.75, 3.05) is 26.3 Å². The molecule has 1 aliphatic heterocycles. The summed E-state index contributed by atoms with van der Waals surface area (Å²) in [5.74, 6) is 0.508. The van der Waals surface area contributed by atoms with Gasteiger partial charge in [-0.25, -0.2) is 9.97 Å². The zero-order valence-corrected chi connectivity index (χ0v) is 14.6. The van der Waals surface area contributed by atoms with Crippen LogP contribution < -0.4 is 0 Å². The van der Waals surface area contributed by atoms with Crippen LogP contribution in [-0.2, 0) is 24.8 Å². The van der Waals surface area contributed by atoms with E-state index in [1.807, 2.05) is 12.4 Å². The average molecular weight is 336 g/mol. The fraction of sp³-hybridized carbons (Fsp3) is 0.400. The molecule has 2 aromatic heterocycles. The predicted molar refractivity (Wildman–Crippen MR) is 98.2 cm³/mol. The molecule has 0 amide bonds. The van der Waals surface area contributed by atoms with Gasteiger partial charge in [0, 0.05) is 56.4 Å². The van der Waals surface area contributed by atoms with Gasteiger partial charge in [0.2, 0.25) is 0 Å². The number of fused-ring (bicyclic) bond motifs is 1. The smallest absolute Gasteiger partial charge is 0.115 e. The molecular weight excluding hydrogens is 312 g/mol. The Morgan fingerprint density at radius 3 is 2.92 bits per heavy atom. The molecule has 3 aromatic rings. The summed E-state index contributed by atoms with van der Waals surface area (Å²) in [6.07, 6.45) is 8.55. The van der Waals surface area contributed by atoms with Crippen LogP contribution in [0.3, 0.4) is 0 Å². The Hall–Kier alpha value is -2.24. The van der Waals surface area contributed by atoms with E-state index < -0.39 is 0 Å². The third kappa shape index (κ3) is 3.89. The van der Waals surface area contributed by atoms with Gasteiger partial charge in [0.15, 0.2) is 0 Å². The molecule has 0 aliphatic carbocycles. The Bertz CT molecular complexity index is 830. The zero-order valence-electron chi connectivity index (χ0n) is 14.6. The standard InChI is InChI=1S/C20H24N4O/c1-23-5-4-19-9-16(2-3-20(19)23)8-17-12-24(6-7-25-14-17)13-18-10-21-15-22-11-18/h2-5,9-11,15,17H,6-8,12-14H2,1H3. The molecule has 25 heavy (non-hydrogen) atoms. The summed E-state index contributed by atoms with van der Waals surface area (Å²) in [6.45, 7) is 4.51. The van der Waals surface area contributed by atoms with Gasteiger partial charge in [-0.05, 0) is 41.5 Å². The highest BCUT2D eigenvalue weighted by atomic mass is 16.5. The van der Waals surface area contributed by atoms with Crippen LogP contribution in [0, 0.1) is 5.92 Å². The average Bonchev–Trinajstić information content (AvgIpc) is 2.85. The molecule has 1 aromatic carbocycles. The molecule has 0 spiro atoms. The largest absolute Gasteiger partial charge is 0.380 e. The highest BCUT2D eigenvalue weighted by Crippen LogP contribution is 2.20. The van der Waals surface area contributed by atoms with E-state index in [-0.39, 0.29) is 0 Å². The lowest BCUT2D eigenvalue weighted by Gasteiger charge is -2.23. The van der Waals surface area contributed by atoms with Gasteiger partial charge in [0.1, 0.15) is 6.33 Å². The van der Waals surface area contributed by atoms with Crippen LogP contribution in [0.15, 0.2) is 49.2 Å². The van der Waals surface area contributed by atoms with E-state index in [1.165, 1.54) is 16.5 Å². The maximum atomic E-state index is 5.86. The highest BCUT2D eigenvalue weighted by molar-refractivity contribution is 5.80. The summed E-state index contributed by atoms with van der Waals surface area (Å²) >= 11 is 0. The summed E-state index contributed by atoms with van der Waals surface area (Å²) < 4.78 is 8.03. The van der Waals surface area contributed by atoms with Crippen LogP contribution in [0.25, 0.3) is 10.9 Å². The highest BCUT2D eigenvalue weighted by Gasteiger charge is 2.19. The molecule has 4 rings (SSSR count). The molecule has 0 bridgehead atoms. The lowest BCUT2D eigenvalue weighted by atomic mass is 9.98. The first kappa shape index (κ1) is 16.2. The van der Waals surface area contributed by atoms with Gasteiger partial charge in [0.25, 0.3) is 0 Å². The Kier molecular flexibility index (Phi) is 4.76. The molecule has 3 heterocycles. The van der Waals surface area contributed by atoms with Gasteiger partial charge in [-0.15, -0.1) is 0 Å². The molecule has 1 aliphatic rings. The van der Waals surface area contributed by atoms with Crippen molar-refractivity contribution in [1.82, 2.24) is 19.4 Å². The molecule has 0 saturated carbocycles. The van der Waals surface area contributed by atoms with E-state index in [0.717, 1.165) is 44.8 Å². The van der Waals surface area contributed by atoms with E-state index in [1.54, 1.807) is 6.33 Å². The van der Waals surface area contributed by atoms with Crippen LogP contribution in [0.5, 0.6) is 0 Å². The van der Waals surface area contributed by atoms with Crippen molar-refractivity contribution in [1.29, 1.82) is 0 Å². The van der Waals surface area contributed by atoms with Gasteiger partial charge in [-0.1, -0.05) is 6.07 Å². The minimum absolute atomic E-state index is 0.508. The van der Waals surface area contributed by atoms with Gasteiger partial charge in [0.05, 0.1) is 13.2 Å². The fourth-order valence-corrected chi connectivity index (χ4v) is 3.68. The molecule has 0 radical (unpaired) electrons. The number of nitrogens with zero attached hydrogens (tertiary/aromatic N) is 4. The van der Waals surface area contributed by atoms with E-state index >= 15 is 0 Å². The van der Waals surface area contributed by atoms with Crippen molar-refractivity contribution < 1.29 is 4.74 Å². The lowest BCUT2D eigenvalue weighted by Crippen LogP contribution is -2.30. The van der Waals surface area contributed by atoms with Crippen LogP contribution in [-0.4, -0.2) is 45.7 Å². The normalized spacial score (nSPS) is 19.2. The van der Waals surface area contributed by atoms with E-state index in [9.17, 15) is 0 Å². The zero-order chi connectivity index (χ0) is 17.1. The molecule has 0 N–H and O–H groups in total. The van der Waals surface area contributed by atoms with E-state index in [2.05, 4.69) is 56.9 Å². The molecule has 1 atom stereocenters. The van der Waals surface area contributed by atoms with Crippen molar-refractivity contribution >= 4 is 10.9 Å². The number of hydrogen-bond donors (Lipinski definition) is 0. The van der Waals surface area contributed by atoms with Gasteiger partial charge in [-0.2, -0.15) is 0 Å². The topological polar surface area (TPSA) is 43.2 Å². The predicted octanol–water partition coefficient (Wildman–Crippen LogP) is 2.66. The number of benzene rings is 1. The minimum Gasteiger partial charge on any atom is -0.380 e. The summed E-state index contributed by atoms with van der Waals surface area (Å²) in [4.78, 5) is 10.7. The number of ether oxygens (including phenoxy) is 1. The van der Waals surface area contributed by atoms with Gasteiger partial charge in [-0.3, -0.25) is 4.90 Å². The third-order valence-corrected chi connectivity index (χ3v) is 4.92. The maximum Gasteiger partial charge on any atom is 0.115 e. The summed E-state index contributed by atoms with van der Waals surface area (Å²) in [7, 11) is 2.09. The summed E-state index contributed by atoms with van der Waals surface area (Å²) in [5, 5.41) is 1.31. The number of aryl methyl sites for hydroxylation is 1. The maximum absolute atomic E-state index is 5.86. The van der Waals surface area contributed by atoms with Crippen LogP contribution >= 0.6 is 0 Å². The van der Waals surface area contributed by atoms with Crippen LogP contribution in [0.4, 0.5) is 0 Å². The Morgan fingerprint density at radius 2 is 2.04 bits per heavy atom. The first-order valence-corrected chi connectivity index (χ1v) is 8.86. The first-order chi connectivity index (χ1) is 12.3. The summed E-state index contributed by atoms with van der Waals surface area (Å²) in [5.41, 5.74) is 3.83. The monoisotopic (exact) mass is 336 g/mol. The number of rotatable bonds is 4. The number of aromatic nitrogens is 3. The molecule has 1 saturated heterocycles. The van der Waals surface area contributed by atoms with Crippen LogP contribution in [0.2, 0.25) is 0 Å². The fourth-order valence-electron chi connectivity index (χ4n) is 3.68. The van der Waals surface area contributed by atoms with E-state index in [0.29, 0.717) is 5.92 Å². The lowest BCUT2D eigenvalue weighted by molar-refractivity contribution is 0.121. The van der Waals surface area contributed by atoms with Crippen LogP contribution in [0.1, 0.15) is 11.1 Å². The molecule has 5 heteroatoms. The van der Waals surface area contributed by atoms with Gasteiger partial charge >= 0.3 is 0 Å². The van der Waals surface area contributed by atoms with Gasteiger partial charge < -0.3 is 9.30 Å². The van der Waals surface area contributed by atoms with Crippen molar-refractivity contribution in [2.24, 2.45) is 13.0 Å². The SMILES string of the molecule is Cn1ccc2cc(CC3COCCN(Cc4cncnc4)C3)ccc21. The minimum atomic E-state index is 0.508. The second-order valence-corrected chi connectivity index (χ2v) is 6.95. The Labute approximate surface area is 148 Å². The summed E-state index contributed by atoms with van der Waals surface area (Å²) in [6, 6.07) is 8.98. The van der Waals surface area contributed by atoms with E-state index in [4.69, 9.17) is 4.74 Å².